The maximum Gasteiger partial charge on any atom is 0.0622 e. The lowest BCUT2D eigenvalue weighted by Gasteiger charge is -2.21. The molecule has 0 aromatic rings. The Balaban J connectivity index is 1.81. The van der Waals surface area contributed by atoms with Crippen LogP contribution in [0.5, 0.6) is 0 Å². The molecule has 3 nitrogen and oxygen atoms in total. The van der Waals surface area contributed by atoms with Crippen molar-refractivity contribution in [3.05, 3.63) is 0 Å². The minimum absolute atomic E-state index is 0.351. The van der Waals surface area contributed by atoms with Gasteiger partial charge in [0, 0.05) is 25.8 Å². The van der Waals surface area contributed by atoms with Crippen molar-refractivity contribution in [3.8, 4) is 0 Å². The number of ether oxygens (including phenoxy) is 1. The summed E-state index contributed by atoms with van der Waals surface area (Å²) in [6, 6.07) is 0.640. The van der Waals surface area contributed by atoms with Crippen LogP contribution < -0.4 is 0 Å². The summed E-state index contributed by atoms with van der Waals surface area (Å²) in [5.74, 6) is 0.519. The van der Waals surface area contributed by atoms with E-state index in [1.54, 1.807) is 0 Å². The third-order valence-electron chi connectivity index (χ3n) is 3.00. The average Bonchev–Trinajstić information content (AvgIpc) is 2.75. The highest BCUT2D eigenvalue weighted by molar-refractivity contribution is 4.83. The lowest BCUT2D eigenvalue weighted by molar-refractivity contribution is 0.151. The van der Waals surface area contributed by atoms with E-state index in [0.717, 1.165) is 32.7 Å². The Labute approximate surface area is 73.3 Å². The Kier molecular flexibility index (Phi) is 2.63. The van der Waals surface area contributed by atoms with Gasteiger partial charge in [-0.1, -0.05) is 0 Å². The molecule has 0 aromatic heterocycles. The number of rotatable bonds is 2. The van der Waals surface area contributed by atoms with Crippen molar-refractivity contribution in [2.24, 2.45) is 5.92 Å². The van der Waals surface area contributed by atoms with Crippen LogP contribution in [0.4, 0.5) is 0 Å². The Morgan fingerprint density at radius 3 is 2.92 bits per heavy atom. The molecule has 0 aliphatic carbocycles. The average molecular weight is 171 g/mol. The van der Waals surface area contributed by atoms with Gasteiger partial charge in [0.15, 0.2) is 0 Å². The number of hydrogen-bond donors (Lipinski definition) is 1. The molecule has 12 heavy (non-hydrogen) atoms. The van der Waals surface area contributed by atoms with Crippen molar-refractivity contribution < 1.29 is 9.84 Å². The maximum absolute atomic E-state index is 8.97. The molecule has 2 rings (SSSR count). The molecule has 0 amide bonds. The van der Waals surface area contributed by atoms with E-state index in [1.165, 1.54) is 6.42 Å². The van der Waals surface area contributed by atoms with Gasteiger partial charge in [0.25, 0.3) is 0 Å². The monoisotopic (exact) mass is 171 g/mol. The predicted octanol–water partition coefficient (Wildman–Crippen LogP) is 0.0895. The molecule has 70 valence electrons. The molecule has 2 aliphatic heterocycles. The number of aliphatic hydroxyl groups is 1. The van der Waals surface area contributed by atoms with Gasteiger partial charge < -0.3 is 9.84 Å². The van der Waals surface area contributed by atoms with Crippen LogP contribution in [0.3, 0.4) is 0 Å². The Morgan fingerprint density at radius 1 is 1.42 bits per heavy atom. The second-order valence-electron chi connectivity index (χ2n) is 3.85. The lowest BCUT2D eigenvalue weighted by Crippen LogP contribution is -2.33. The third kappa shape index (κ3) is 1.63. The van der Waals surface area contributed by atoms with Gasteiger partial charge in [-0.15, -0.1) is 0 Å². The number of hydrogen-bond acceptors (Lipinski definition) is 3. The summed E-state index contributed by atoms with van der Waals surface area (Å²) in [5, 5.41) is 8.97. The first kappa shape index (κ1) is 8.48. The van der Waals surface area contributed by atoms with Crippen LogP contribution in [0.2, 0.25) is 0 Å². The predicted molar refractivity (Wildman–Crippen MR) is 46.0 cm³/mol. The first-order chi connectivity index (χ1) is 5.90. The molecule has 1 unspecified atom stereocenters. The second-order valence-corrected chi connectivity index (χ2v) is 3.85. The normalized spacial score (nSPS) is 37.8. The Bertz CT molecular complexity index is 145. The highest BCUT2D eigenvalue weighted by Crippen LogP contribution is 2.21. The maximum atomic E-state index is 8.97. The van der Waals surface area contributed by atoms with Gasteiger partial charge in [0.05, 0.1) is 6.61 Å². The van der Waals surface area contributed by atoms with Gasteiger partial charge in [-0.25, -0.2) is 0 Å². The van der Waals surface area contributed by atoms with Gasteiger partial charge in [0.1, 0.15) is 0 Å². The van der Waals surface area contributed by atoms with Crippen LogP contribution in [0.1, 0.15) is 12.8 Å². The van der Waals surface area contributed by atoms with E-state index >= 15 is 0 Å². The van der Waals surface area contributed by atoms with E-state index in [0.29, 0.717) is 18.6 Å². The van der Waals surface area contributed by atoms with Gasteiger partial charge >= 0.3 is 0 Å². The molecule has 2 aliphatic rings. The van der Waals surface area contributed by atoms with Crippen LogP contribution in [-0.2, 0) is 4.74 Å². The molecular formula is C9H17NO2. The lowest BCUT2D eigenvalue weighted by atomic mass is 10.1. The summed E-state index contributed by atoms with van der Waals surface area (Å²) in [7, 11) is 0. The van der Waals surface area contributed by atoms with Gasteiger partial charge in [0.2, 0.25) is 0 Å². The summed E-state index contributed by atoms with van der Waals surface area (Å²) in [6.07, 6.45) is 2.34. The van der Waals surface area contributed by atoms with E-state index in [9.17, 15) is 0 Å². The van der Waals surface area contributed by atoms with E-state index < -0.39 is 0 Å². The van der Waals surface area contributed by atoms with Crippen LogP contribution in [-0.4, -0.2) is 49.0 Å². The molecule has 0 bridgehead atoms. The van der Waals surface area contributed by atoms with E-state index in [1.807, 2.05) is 0 Å². The number of likely N-dealkylation sites (tertiary alicyclic amines) is 1. The fourth-order valence-electron chi connectivity index (χ4n) is 2.15. The Morgan fingerprint density at radius 2 is 2.33 bits per heavy atom. The van der Waals surface area contributed by atoms with Crippen LogP contribution >= 0.6 is 0 Å². The molecule has 2 fully saturated rings. The largest absolute Gasteiger partial charge is 0.396 e. The highest BCUT2D eigenvalue weighted by Gasteiger charge is 2.29. The summed E-state index contributed by atoms with van der Waals surface area (Å²) >= 11 is 0. The van der Waals surface area contributed by atoms with E-state index in [-0.39, 0.29) is 0 Å². The van der Waals surface area contributed by atoms with Gasteiger partial charge in [-0.3, -0.25) is 4.90 Å². The number of aliphatic hydroxyl groups excluding tert-OH is 1. The molecular weight excluding hydrogens is 154 g/mol. The molecule has 2 heterocycles. The van der Waals surface area contributed by atoms with E-state index in [2.05, 4.69) is 4.90 Å². The second kappa shape index (κ2) is 3.73. The van der Waals surface area contributed by atoms with Crippen molar-refractivity contribution >= 4 is 0 Å². The summed E-state index contributed by atoms with van der Waals surface area (Å²) in [6.45, 7) is 4.40. The molecule has 0 spiro atoms. The van der Waals surface area contributed by atoms with Crippen molar-refractivity contribution in [1.82, 2.24) is 4.90 Å². The molecule has 1 N–H and O–H groups in total. The molecule has 2 saturated heterocycles. The fraction of sp³-hybridized carbons (Fsp3) is 1.00. The summed E-state index contributed by atoms with van der Waals surface area (Å²) in [5.41, 5.74) is 0. The summed E-state index contributed by atoms with van der Waals surface area (Å²) in [4.78, 5) is 2.47. The minimum atomic E-state index is 0.351. The van der Waals surface area contributed by atoms with Gasteiger partial charge in [-0.2, -0.15) is 0 Å². The first-order valence-corrected chi connectivity index (χ1v) is 4.83. The number of nitrogens with zero attached hydrogens (tertiary/aromatic N) is 1. The molecule has 0 radical (unpaired) electrons. The molecule has 0 aromatic carbocycles. The molecule has 0 saturated carbocycles. The quantitative estimate of drug-likeness (QED) is 0.639. The molecule has 2 atom stereocenters. The third-order valence-corrected chi connectivity index (χ3v) is 3.00. The van der Waals surface area contributed by atoms with Crippen molar-refractivity contribution in [1.29, 1.82) is 0 Å². The van der Waals surface area contributed by atoms with Crippen molar-refractivity contribution in [2.75, 3.05) is 32.9 Å². The Hall–Kier alpha value is -0.120. The summed E-state index contributed by atoms with van der Waals surface area (Å²) < 4.78 is 5.33. The van der Waals surface area contributed by atoms with E-state index in [4.69, 9.17) is 9.84 Å². The van der Waals surface area contributed by atoms with Crippen molar-refractivity contribution in [3.63, 3.8) is 0 Å². The zero-order valence-corrected chi connectivity index (χ0v) is 7.41. The van der Waals surface area contributed by atoms with Gasteiger partial charge in [-0.05, 0) is 25.3 Å². The molecule has 3 heteroatoms. The SMILES string of the molecule is OC[C@@H]1CCN(C2CCOC2)C1. The van der Waals surface area contributed by atoms with Crippen molar-refractivity contribution in [2.45, 2.75) is 18.9 Å². The standard InChI is InChI=1S/C9H17NO2/c11-6-8-1-3-10(5-8)9-2-4-12-7-9/h8-9,11H,1-7H2/t8-,9?/m1/s1. The minimum Gasteiger partial charge on any atom is -0.396 e. The smallest absolute Gasteiger partial charge is 0.0622 e. The van der Waals surface area contributed by atoms with Crippen LogP contribution in [0.15, 0.2) is 0 Å². The zero-order chi connectivity index (χ0) is 8.39. The van der Waals surface area contributed by atoms with Crippen LogP contribution in [0, 0.1) is 5.92 Å². The zero-order valence-electron chi connectivity index (χ0n) is 7.41. The fourth-order valence-corrected chi connectivity index (χ4v) is 2.15. The highest BCUT2D eigenvalue weighted by atomic mass is 16.5. The van der Waals surface area contributed by atoms with Crippen LogP contribution in [0.25, 0.3) is 0 Å². The first-order valence-electron chi connectivity index (χ1n) is 4.83. The topological polar surface area (TPSA) is 32.7 Å².